The van der Waals surface area contributed by atoms with Gasteiger partial charge in [0.2, 0.25) is 0 Å². The number of carbonyl (C=O) groups excluding carboxylic acids is 1. The van der Waals surface area contributed by atoms with Crippen molar-refractivity contribution < 1.29 is 13.6 Å². The molecule has 1 aromatic heterocycles. The Hall–Kier alpha value is -2.17. The summed E-state index contributed by atoms with van der Waals surface area (Å²) in [5.74, 6) is -1.85. The van der Waals surface area contributed by atoms with E-state index in [-0.39, 0.29) is 11.9 Å². The monoisotopic (exact) mass is 262 g/mol. The largest absolute Gasteiger partial charge is 0.346 e. The van der Waals surface area contributed by atoms with Gasteiger partial charge in [0.1, 0.15) is 5.69 Å². The van der Waals surface area contributed by atoms with Crippen LogP contribution in [0.25, 0.3) is 0 Å². The van der Waals surface area contributed by atoms with Gasteiger partial charge in [0.15, 0.2) is 11.6 Å². The standard InChI is InChI=1S/C14H12F2N2O/c15-11-4-3-9(7-12(11)16)6-10-8-18-5-1-2-13(18)14(19)17-10/h1-5,7,10H,6,8H2,(H,17,19). The molecule has 5 heteroatoms. The van der Waals surface area contributed by atoms with Gasteiger partial charge in [-0.05, 0) is 36.2 Å². The minimum absolute atomic E-state index is 0.114. The van der Waals surface area contributed by atoms with Gasteiger partial charge in [-0.1, -0.05) is 6.07 Å². The summed E-state index contributed by atoms with van der Waals surface area (Å²) in [5, 5.41) is 2.87. The number of benzene rings is 1. The second-order valence-corrected chi connectivity index (χ2v) is 4.67. The average molecular weight is 262 g/mol. The zero-order valence-corrected chi connectivity index (χ0v) is 10.1. The third-order valence-corrected chi connectivity index (χ3v) is 3.28. The average Bonchev–Trinajstić information content (AvgIpc) is 2.82. The van der Waals surface area contributed by atoms with Gasteiger partial charge < -0.3 is 9.88 Å². The molecule has 3 nitrogen and oxygen atoms in total. The van der Waals surface area contributed by atoms with Crippen LogP contribution in [0.5, 0.6) is 0 Å². The maximum atomic E-state index is 13.1. The molecule has 0 spiro atoms. The maximum Gasteiger partial charge on any atom is 0.268 e. The van der Waals surface area contributed by atoms with Gasteiger partial charge >= 0.3 is 0 Å². The molecule has 1 atom stereocenters. The first-order valence-corrected chi connectivity index (χ1v) is 6.03. The van der Waals surface area contributed by atoms with E-state index in [9.17, 15) is 13.6 Å². The van der Waals surface area contributed by atoms with Gasteiger partial charge in [-0.15, -0.1) is 0 Å². The quantitative estimate of drug-likeness (QED) is 0.883. The summed E-state index contributed by atoms with van der Waals surface area (Å²) in [6.07, 6.45) is 2.31. The number of halogens is 2. The molecule has 0 saturated heterocycles. The van der Waals surface area contributed by atoms with Crippen LogP contribution in [0.2, 0.25) is 0 Å². The van der Waals surface area contributed by atoms with Gasteiger partial charge in [-0.3, -0.25) is 4.79 Å². The van der Waals surface area contributed by atoms with Crippen molar-refractivity contribution in [2.45, 2.75) is 19.0 Å². The SMILES string of the molecule is O=C1NC(Cc2ccc(F)c(F)c2)Cn2cccc21. The maximum absolute atomic E-state index is 13.1. The minimum Gasteiger partial charge on any atom is -0.346 e. The lowest BCUT2D eigenvalue weighted by atomic mass is 10.0. The van der Waals surface area contributed by atoms with E-state index < -0.39 is 11.6 Å². The first kappa shape index (κ1) is 11.9. The van der Waals surface area contributed by atoms with E-state index in [1.807, 2.05) is 16.8 Å². The van der Waals surface area contributed by atoms with Crippen molar-refractivity contribution in [1.82, 2.24) is 9.88 Å². The number of nitrogens with zero attached hydrogens (tertiary/aromatic N) is 1. The van der Waals surface area contributed by atoms with Gasteiger partial charge in [0.05, 0.1) is 6.04 Å². The Balaban J connectivity index is 1.78. The van der Waals surface area contributed by atoms with Crippen molar-refractivity contribution in [3.05, 3.63) is 59.4 Å². The number of rotatable bonds is 2. The predicted molar refractivity (Wildman–Crippen MR) is 65.7 cm³/mol. The van der Waals surface area contributed by atoms with Crippen molar-refractivity contribution in [3.8, 4) is 0 Å². The van der Waals surface area contributed by atoms with E-state index in [1.165, 1.54) is 12.1 Å². The van der Waals surface area contributed by atoms with E-state index in [0.717, 1.165) is 6.07 Å². The highest BCUT2D eigenvalue weighted by Gasteiger charge is 2.23. The summed E-state index contributed by atoms with van der Waals surface area (Å²) in [4.78, 5) is 11.8. The Labute approximate surface area is 108 Å². The van der Waals surface area contributed by atoms with E-state index in [0.29, 0.717) is 24.2 Å². The zero-order valence-electron chi connectivity index (χ0n) is 10.1. The van der Waals surface area contributed by atoms with Crippen LogP contribution in [0.4, 0.5) is 8.78 Å². The summed E-state index contributed by atoms with van der Waals surface area (Å²) in [7, 11) is 0. The molecular weight excluding hydrogens is 250 g/mol. The van der Waals surface area contributed by atoms with Gasteiger partial charge in [0.25, 0.3) is 5.91 Å². The lowest BCUT2D eigenvalue weighted by molar-refractivity contribution is 0.0901. The smallest absolute Gasteiger partial charge is 0.268 e. The summed E-state index contributed by atoms with van der Waals surface area (Å²) < 4.78 is 27.8. The number of aromatic nitrogens is 1. The van der Waals surface area contributed by atoms with E-state index in [1.54, 1.807) is 6.07 Å². The first-order valence-electron chi connectivity index (χ1n) is 6.03. The zero-order chi connectivity index (χ0) is 13.4. The molecule has 2 heterocycles. The fraction of sp³-hybridized carbons (Fsp3) is 0.214. The number of amides is 1. The molecule has 1 aliphatic rings. The van der Waals surface area contributed by atoms with E-state index >= 15 is 0 Å². The molecule has 0 aliphatic carbocycles. The van der Waals surface area contributed by atoms with Gasteiger partial charge in [-0.25, -0.2) is 8.78 Å². The summed E-state index contributed by atoms with van der Waals surface area (Å²) >= 11 is 0. The third-order valence-electron chi connectivity index (χ3n) is 3.28. The second kappa shape index (κ2) is 4.50. The van der Waals surface area contributed by atoms with E-state index in [4.69, 9.17) is 0 Å². The van der Waals surface area contributed by atoms with Crippen molar-refractivity contribution in [1.29, 1.82) is 0 Å². The highest BCUT2D eigenvalue weighted by Crippen LogP contribution is 2.15. The Morgan fingerprint density at radius 3 is 2.89 bits per heavy atom. The Morgan fingerprint density at radius 1 is 1.26 bits per heavy atom. The fourth-order valence-electron chi connectivity index (χ4n) is 2.39. The molecule has 0 radical (unpaired) electrons. The predicted octanol–water partition coefficient (Wildman–Crippen LogP) is 2.12. The molecule has 1 unspecified atom stereocenters. The lowest BCUT2D eigenvalue weighted by Gasteiger charge is -2.25. The van der Waals surface area contributed by atoms with Crippen molar-refractivity contribution in [2.24, 2.45) is 0 Å². The van der Waals surface area contributed by atoms with Crippen LogP contribution in [0.15, 0.2) is 36.5 Å². The first-order chi connectivity index (χ1) is 9.13. The Morgan fingerprint density at radius 2 is 2.11 bits per heavy atom. The molecular formula is C14H12F2N2O. The Kier molecular flexibility index (Phi) is 2.81. The molecule has 0 bridgehead atoms. The van der Waals surface area contributed by atoms with Crippen molar-refractivity contribution >= 4 is 5.91 Å². The minimum atomic E-state index is -0.860. The number of hydrogen-bond acceptors (Lipinski definition) is 1. The number of carbonyl (C=O) groups is 1. The lowest BCUT2D eigenvalue weighted by Crippen LogP contribution is -2.45. The number of fused-ring (bicyclic) bond motifs is 1. The molecule has 1 amide bonds. The third kappa shape index (κ3) is 2.23. The van der Waals surface area contributed by atoms with Gasteiger partial charge in [-0.2, -0.15) is 0 Å². The normalized spacial score (nSPS) is 18.0. The highest BCUT2D eigenvalue weighted by atomic mass is 19.2. The topological polar surface area (TPSA) is 34.0 Å². The second-order valence-electron chi connectivity index (χ2n) is 4.67. The molecule has 98 valence electrons. The summed E-state index contributed by atoms with van der Waals surface area (Å²) in [5.41, 5.74) is 1.29. The summed E-state index contributed by atoms with van der Waals surface area (Å²) in [6, 6.07) is 7.27. The highest BCUT2D eigenvalue weighted by molar-refractivity contribution is 5.93. The van der Waals surface area contributed by atoms with Crippen molar-refractivity contribution in [3.63, 3.8) is 0 Å². The van der Waals surface area contributed by atoms with Crippen LogP contribution in [-0.2, 0) is 13.0 Å². The Bertz CT molecular complexity index is 636. The van der Waals surface area contributed by atoms with Crippen LogP contribution in [-0.4, -0.2) is 16.5 Å². The van der Waals surface area contributed by atoms with Crippen LogP contribution in [0.3, 0.4) is 0 Å². The van der Waals surface area contributed by atoms with Crippen LogP contribution in [0, 0.1) is 11.6 Å². The van der Waals surface area contributed by atoms with Crippen LogP contribution >= 0.6 is 0 Å². The molecule has 19 heavy (non-hydrogen) atoms. The number of nitrogens with one attached hydrogen (secondary N) is 1. The van der Waals surface area contributed by atoms with Crippen LogP contribution in [0.1, 0.15) is 16.1 Å². The summed E-state index contributed by atoms with van der Waals surface area (Å²) in [6.45, 7) is 0.632. The molecule has 1 aliphatic heterocycles. The van der Waals surface area contributed by atoms with Crippen LogP contribution < -0.4 is 5.32 Å². The molecule has 0 fully saturated rings. The number of hydrogen-bond donors (Lipinski definition) is 1. The molecule has 3 rings (SSSR count). The molecule has 1 aromatic carbocycles. The van der Waals surface area contributed by atoms with E-state index in [2.05, 4.69) is 5.32 Å². The molecule has 0 saturated carbocycles. The fourth-order valence-corrected chi connectivity index (χ4v) is 2.39. The molecule has 1 N–H and O–H groups in total. The molecule has 2 aromatic rings. The van der Waals surface area contributed by atoms with Crippen molar-refractivity contribution in [2.75, 3.05) is 0 Å². The van der Waals surface area contributed by atoms with Gasteiger partial charge in [0, 0.05) is 12.7 Å².